The minimum Gasteiger partial charge on any atom is -0.480 e. The van der Waals surface area contributed by atoms with Crippen molar-refractivity contribution in [1.29, 1.82) is 0 Å². The van der Waals surface area contributed by atoms with Crippen molar-refractivity contribution in [2.75, 3.05) is 0 Å². The third-order valence-electron chi connectivity index (χ3n) is 2.72. The van der Waals surface area contributed by atoms with Crippen molar-refractivity contribution in [3.05, 3.63) is 35.9 Å². The highest BCUT2D eigenvalue weighted by molar-refractivity contribution is 5.87. The summed E-state index contributed by atoms with van der Waals surface area (Å²) in [6.07, 6.45) is 0.378. The predicted octanol–water partition coefficient (Wildman–Crippen LogP) is 1.77. The molecule has 1 unspecified atom stereocenters. The molecule has 17 heavy (non-hydrogen) atoms. The maximum atomic E-state index is 11.8. The Morgan fingerprint density at radius 3 is 2.35 bits per heavy atom. The summed E-state index contributed by atoms with van der Waals surface area (Å²) in [6.45, 7) is 3.49. The van der Waals surface area contributed by atoms with Crippen molar-refractivity contribution < 1.29 is 14.7 Å². The average Bonchev–Trinajstić information content (AvgIpc) is 2.35. The van der Waals surface area contributed by atoms with Crippen LogP contribution in [0.15, 0.2) is 30.3 Å². The second kappa shape index (κ2) is 6.03. The van der Waals surface area contributed by atoms with Gasteiger partial charge in [-0.3, -0.25) is 4.79 Å². The number of rotatable bonds is 5. The molecule has 2 atom stereocenters. The Labute approximate surface area is 101 Å². The normalized spacial score (nSPS) is 13.8. The lowest BCUT2D eigenvalue weighted by Crippen LogP contribution is -2.42. The van der Waals surface area contributed by atoms with E-state index in [-0.39, 0.29) is 11.8 Å². The number of carbonyl (C=O) groups is 2. The van der Waals surface area contributed by atoms with E-state index >= 15 is 0 Å². The minimum atomic E-state index is -0.999. The summed E-state index contributed by atoms with van der Waals surface area (Å²) in [5, 5.41) is 11.4. The van der Waals surface area contributed by atoms with Crippen molar-refractivity contribution in [1.82, 2.24) is 5.32 Å². The number of carboxylic acids is 1. The van der Waals surface area contributed by atoms with Crippen molar-refractivity contribution in [2.24, 2.45) is 0 Å². The van der Waals surface area contributed by atoms with Crippen LogP contribution in [0.3, 0.4) is 0 Å². The Bertz CT molecular complexity index is 389. The van der Waals surface area contributed by atoms with E-state index in [1.165, 1.54) is 0 Å². The number of hydrogen-bond donors (Lipinski definition) is 2. The number of carbonyl (C=O) groups excluding carboxylic acids is 1. The van der Waals surface area contributed by atoms with Crippen LogP contribution in [-0.2, 0) is 9.59 Å². The van der Waals surface area contributed by atoms with Gasteiger partial charge in [0.25, 0.3) is 0 Å². The molecule has 2 N–H and O–H groups in total. The average molecular weight is 235 g/mol. The fourth-order valence-electron chi connectivity index (χ4n) is 1.53. The van der Waals surface area contributed by atoms with E-state index in [2.05, 4.69) is 5.32 Å². The summed E-state index contributed by atoms with van der Waals surface area (Å²) in [7, 11) is 0. The van der Waals surface area contributed by atoms with Crippen LogP contribution in [0.1, 0.15) is 31.7 Å². The summed E-state index contributed by atoms with van der Waals surface area (Å²) in [6, 6.07) is 8.48. The summed E-state index contributed by atoms with van der Waals surface area (Å²) in [5.41, 5.74) is 0.880. The molecule has 0 aliphatic heterocycles. The highest BCUT2D eigenvalue weighted by Gasteiger charge is 2.21. The van der Waals surface area contributed by atoms with Crippen molar-refractivity contribution in [3.63, 3.8) is 0 Å². The largest absolute Gasteiger partial charge is 0.480 e. The first kappa shape index (κ1) is 13.2. The van der Waals surface area contributed by atoms with Crippen LogP contribution in [0.5, 0.6) is 0 Å². The number of carboxylic acid groups (broad SMARTS) is 1. The molecule has 0 aromatic heterocycles. The molecular formula is C13H17NO3. The standard InChI is InChI=1S/C13H17NO3/c1-3-11(13(16)17)14-12(15)9(2)10-7-5-4-6-8-10/h4-9,11H,3H2,1-2H3,(H,14,15)(H,16,17)/t9?,11-/m1/s1. The first-order valence-corrected chi connectivity index (χ1v) is 5.64. The van der Waals surface area contributed by atoms with Crippen LogP contribution in [0, 0.1) is 0 Å². The van der Waals surface area contributed by atoms with Gasteiger partial charge in [-0.05, 0) is 18.9 Å². The van der Waals surface area contributed by atoms with Gasteiger partial charge in [0, 0.05) is 0 Å². The summed E-state index contributed by atoms with van der Waals surface area (Å²) < 4.78 is 0. The molecule has 1 aromatic carbocycles. The smallest absolute Gasteiger partial charge is 0.326 e. The summed E-state index contributed by atoms with van der Waals surface area (Å²) in [5.74, 6) is -1.60. The van der Waals surface area contributed by atoms with Crippen molar-refractivity contribution in [3.8, 4) is 0 Å². The number of aliphatic carboxylic acids is 1. The molecule has 0 heterocycles. The van der Waals surface area contributed by atoms with Gasteiger partial charge < -0.3 is 10.4 Å². The zero-order chi connectivity index (χ0) is 12.8. The lowest BCUT2D eigenvalue weighted by molar-refractivity contribution is -0.142. The van der Waals surface area contributed by atoms with E-state index in [1.54, 1.807) is 13.8 Å². The predicted molar refractivity (Wildman–Crippen MR) is 64.7 cm³/mol. The Morgan fingerprint density at radius 2 is 1.88 bits per heavy atom. The third kappa shape index (κ3) is 3.59. The molecule has 1 rings (SSSR count). The number of hydrogen-bond acceptors (Lipinski definition) is 2. The lowest BCUT2D eigenvalue weighted by Gasteiger charge is -2.16. The molecule has 1 amide bonds. The molecule has 0 aliphatic rings. The fraction of sp³-hybridized carbons (Fsp3) is 0.385. The van der Waals surface area contributed by atoms with E-state index in [9.17, 15) is 9.59 Å². The third-order valence-corrected chi connectivity index (χ3v) is 2.72. The van der Waals surface area contributed by atoms with E-state index in [0.717, 1.165) is 5.56 Å². The SMILES string of the molecule is CC[C@@H](NC(=O)C(C)c1ccccc1)C(=O)O. The Morgan fingerprint density at radius 1 is 1.29 bits per heavy atom. The molecule has 1 aromatic rings. The van der Waals surface area contributed by atoms with Gasteiger partial charge in [0.15, 0.2) is 0 Å². The number of amides is 1. The molecule has 0 saturated carbocycles. The molecule has 0 spiro atoms. The molecular weight excluding hydrogens is 218 g/mol. The van der Waals surface area contributed by atoms with Gasteiger partial charge in [-0.25, -0.2) is 4.79 Å². The van der Waals surface area contributed by atoms with Crippen LogP contribution in [-0.4, -0.2) is 23.0 Å². The summed E-state index contributed by atoms with van der Waals surface area (Å²) in [4.78, 5) is 22.7. The van der Waals surface area contributed by atoms with E-state index in [0.29, 0.717) is 6.42 Å². The highest BCUT2D eigenvalue weighted by Crippen LogP contribution is 2.14. The molecule has 4 nitrogen and oxygen atoms in total. The van der Waals surface area contributed by atoms with Gasteiger partial charge in [0.05, 0.1) is 5.92 Å². The number of nitrogens with one attached hydrogen (secondary N) is 1. The van der Waals surface area contributed by atoms with Gasteiger partial charge in [-0.2, -0.15) is 0 Å². The second-order valence-corrected chi connectivity index (χ2v) is 3.94. The van der Waals surface area contributed by atoms with Crippen LogP contribution in [0.2, 0.25) is 0 Å². The van der Waals surface area contributed by atoms with Crippen LogP contribution < -0.4 is 5.32 Å². The zero-order valence-corrected chi connectivity index (χ0v) is 10.0. The molecule has 0 fully saturated rings. The van der Waals surface area contributed by atoms with Gasteiger partial charge in [0.2, 0.25) is 5.91 Å². The Balaban J connectivity index is 2.68. The van der Waals surface area contributed by atoms with Crippen molar-refractivity contribution in [2.45, 2.75) is 32.2 Å². The van der Waals surface area contributed by atoms with E-state index in [4.69, 9.17) is 5.11 Å². The van der Waals surface area contributed by atoms with E-state index < -0.39 is 12.0 Å². The summed E-state index contributed by atoms with van der Waals surface area (Å²) >= 11 is 0. The number of benzene rings is 1. The van der Waals surface area contributed by atoms with Crippen molar-refractivity contribution >= 4 is 11.9 Å². The first-order chi connectivity index (χ1) is 8.06. The minimum absolute atomic E-state index is 0.259. The topological polar surface area (TPSA) is 66.4 Å². The maximum absolute atomic E-state index is 11.8. The molecule has 92 valence electrons. The van der Waals surface area contributed by atoms with Gasteiger partial charge in [0.1, 0.15) is 6.04 Å². The molecule has 0 radical (unpaired) electrons. The zero-order valence-electron chi connectivity index (χ0n) is 10.0. The van der Waals surface area contributed by atoms with Crippen LogP contribution in [0.4, 0.5) is 0 Å². The van der Waals surface area contributed by atoms with Gasteiger partial charge in [-0.15, -0.1) is 0 Å². The van der Waals surface area contributed by atoms with Crippen LogP contribution in [0.25, 0.3) is 0 Å². The lowest BCUT2D eigenvalue weighted by atomic mass is 10.00. The Hall–Kier alpha value is -1.84. The maximum Gasteiger partial charge on any atom is 0.326 e. The van der Waals surface area contributed by atoms with Gasteiger partial charge >= 0.3 is 5.97 Å². The molecule has 0 saturated heterocycles. The highest BCUT2D eigenvalue weighted by atomic mass is 16.4. The van der Waals surface area contributed by atoms with E-state index in [1.807, 2.05) is 30.3 Å². The quantitative estimate of drug-likeness (QED) is 0.817. The molecule has 0 bridgehead atoms. The first-order valence-electron chi connectivity index (χ1n) is 5.64. The van der Waals surface area contributed by atoms with Gasteiger partial charge in [-0.1, -0.05) is 37.3 Å². The Kier molecular flexibility index (Phi) is 4.69. The van der Waals surface area contributed by atoms with Crippen LogP contribution >= 0.6 is 0 Å². The molecule has 4 heteroatoms. The second-order valence-electron chi connectivity index (χ2n) is 3.94. The fourth-order valence-corrected chi connectivity index (χ4v) is 1.53. The monoisotopic (exact) mass is 235 g/mol. The molecule has 0 aliphatic carbocycles.